The van der Waals surface area contributed by atoms with Gasteiger partial charge in [0, 0.05) is 22.3 Å². The fraction of sp³-hybridized carbons (Fsp3) is 0.133. The minimum Gasteiger partial charge on any atom is -0.545 e. The molecule has 0 amide bonds. The van der Waals surface area contributed by atoms with Crippen molar-refractivity contribution in [3.8, 4) is 22.5 Å². The van der Waals surface area contributed by atoms with Crippen molar-refractivity contribution >= 4 is 34.6 Å². The average molecular weight is 752 g/mol. The summed E-state index contributed by atoms with van der Waals surface area (Å²) in [7, 11) is 0. The summed E-state index contributed by atoms with van der Waals surface area (Å²) in [6.45, 7) is 2.69. The molecule has 0 aliphatic carbocycles. The zero-order valence-corrected chi connectivity index (χ0v) is 31.1. The Bertz CT molecular complexity index is 2200. The van der Waals surface area contributed by atoms with Crippen molar-refractivity contribution in [3.63, 3.8) is 0 Å². The Hall–Kier alpha value is -4.34. The van der Waals surface area contributed by atoms with Gasteiger partial charge in [0.1, 0.15) is 35.3 Å². The van der Waals surface area contributed by atoms with Gasteiger partial charge in [-0.05, 0) is 61.4 Å². The first-order chi connectivity index (χ1) is 23.2. The number of alkyl halides is 6. The fourth-order valence-electron chi connectivity index (χ4n) is 5.13. The number of carboxylic acids is 2. The van der Waals surface area contributed by atoms with E-state index >= 15 is 0 Å². The van der Waals surface area contributed by atoms with E-state index in [0.717, 1.165) is 46.0 Å². The van der Waals surface area contributed by atoms with Gasteiger partial charge in [0.15, 0.2) is 11.6 Å². The fourth-order valence-corrected chi connectivity index (χ4v) is 5.13. The predicted octanol–water partition coefficient (Wildman–Crippen LogP) is -2.38. The van der Waals surface area contributed by atoms with Crippen LogP contribution in [0.3, 0.4) is 0 Å². The molecule has 0 spiro atoms. The van der Waals surface area contributed by atoms with E-state index in [1.165, 1.54) is 13.8 Å². The number of benzene rings is 2. The van der Waals surface area contributed by atoms with Crippen LogP contribution in [0.25, 0.3) is 33.5 Å². The van der Waals surface area contributed by atoms with Gasteiger partial charge in [-0.1, -0.05) is 0 Å². The summed E-state index contributed by atoms with van der Waals surface area (Å²) in [6.07, 6.45) is -7.75. The molecule has 52 heavy (non-hydrogen) atoms. The van der Waals surface area contributed by atoms with Crippen LogP contribution in [0.4, 0.5) is 46.8 Å². The average Bonchev–Trinajstić information content (AvgIpc) is 3.59. The first-order valence-corrected chi connectivity index (χ1v) is 13.6. The molecule has 12 nitrogen and oxygen atoms in total. The first kappa shape index (κ1) is 42.1. The second-order valence-corrected chi connectivity index (χ2v) is 10.6. The maximum Gasteiger partial charge on any atom is 1.00 e. The van der Waals surface area contributed by atoms with Crippen LogP contribution >= 0.6 is 0 Å². The van der Waals surface area contributed by atoms with E-state index in [2.05, 4.69) is 20.2 Å². The van der Waals surface area contributed by atoms with Crippen molar-refractivity contribution in [1.29, 1.82) is 0 Å². The molecule has 0 radical (unpaired) electrons. The van der Waals surface area contributed by atoms with E-state index in [9.17, 15) is 54.9 Å². The molecule has 6 rings (SSSR count). The van der Waals surface area contributed by atoms with Crippen molar-refractivity contribution < 1.29 is 114 Å². The molecule has 0 aliphatic rings. The molecule has 0 saturated carbocycles. The van der Waals surface area contributed by atoms with Gasteiger partial charge in [0.2, 0.25) is 0 Å². The molecule has 0 unspecified atom stereocenters. The zero-order valence-electron chi connectivity index (χ0n) is 27.1. The zero-order chi connectivity index (χ0) is 37.0. The van der Waals surface area contributed by atoms with E-state index in [1.54, 1.807) is 0 Å². The summed E-state index contributed by atoms with van der Waals surface area (Å²) < 4.78 is 110. The molecule has 4 heterocycles. The summed E-state index contributed by atoms with van der Waals surface area (Å²) in [6, 6.07) is 4.90. The molecule has 0 atom stereocenters. The summed E-state index contributed by atoms with van der Waals surface area (Å²) in [5.74, 6) is -5.86. The summed E-state index contributed by atoms with van der Waals surface area (Å²) >= 11 is 0. The number of rotatable bonds is 4. The maximum absolute atomic E-state index is 14.3. The molecular formula is C30H18F8N8Na2O4. The molecule has 0 bridgehead atoms. The number of nitrogens with two attached hydrogens (primary N) is 2. The number of hydrogen-bond donors (Lipinski definition) is 2. The van der Waals surface area contributed by atoms with Crippen molar-refractivity contribution in [2.75, 3.05) is 11.5 Å². The Balaban J connectivity index is 0.000000270. The Morgan fingerprint density at radius 2 is 0.962 bits per heavy atom. The Morgan fingerprint density at radius 3 is 1.25 bits per heavy atom. The number of anilines is 2. The van der Waals surface area contributed by atoms with Gasteiger partial charge in [0.25, 0.3) is 0 Å². The Labute approximate surface area is 330 Å². The van der Waals surface area contributed by atoms with E-state index in [-0.39, 0.29) is 104 Å². The maximum atomic E-state index is 14.3. The minimum absolute atomic E-state index is 0. The first-order valence-electron chi connectivity index (χ1n) is 13.6. The van der Waals surface area contributed by atoms with Gasteiger partial charge in [-0.25, -0.2) is 27.8 Å². The summed E-state index contributed by atoms with van der Waals surface area (Å²) in [5, 5.41) is 29.6. The van der Waals surface area contributed by atoms with Gasteiger partial charge in [-0.2, -0.15) is 36.5 Å². The molecule has 4 N–H and O–H groups in total. The molecule has 260 valence electrons. The molecule has 0 saturated heterocycles. The van der Waals surface area contributed by atoms with Crippen LogP contribution in [-0.2, 0) is 12.4 Å². The number of carboxylic acid groups (broad SMARTS) is 2. The third-order valence-electron chi connectivity index (χ3n) is 7.40. The van der Waals surface area contributed by atoms with Crippen LogP contribution in [0, 0.1) is 25.5 Å². The van der Waals surface area contributed by atoms with Crippen molar-refractivity contribution in [1.82, 2.24) is 29.2 Å². The second-order valence-electron chi connectivity index (χ2n) is 10.6. The van der Waals surface area contributed by atoms with Crippen LogP contribution in [0.2, 0.25) is 0 Å². The topological polar surface area (TPSA) is 193 Å². The summed E-state index contributed by atoms with van der Waals surface area (Å²) in [5.41, 5.74) is 5.72. The van der Waals surface area contributed by atoms with Gasteiger partial charge in [-0.3, -0.25) is 0 Å². The summed E-state index contributed by atoms with van der Waals surface area (Å²) in [4.78, 5) is 29.3. The molecule has 22 heteroatoms. The van der Waals surface area contributed by atoms with Crippen LogP contribution in [-0.4, -0.2) is 41.1 Å². The number of aromatic nitrogens is 6. The van der Waals surface area contributed by atoms with Crippen LogP contribution in [0.5, 0.6) is 0 Å². The number of halogens is 8. The third-order valence-corrected chi connectivity index (χ3v) is 7.40. The number of nitrogen functional groups attached to an aromatic ring is 2. The monoisotopic (exact) mass is 752 g/mol. The van der Waals surface area contributed by atoms with E-state index in [4.69, 9.17) is 11.5 Å². The molecule has 0 aliphatic heterocycles. The van der Waals surface area contributed by atoms with Crippen LogP contribution in [0.15, 0.2) is 49.1 Å². The van der Waals surface area contributed by atoms with Crippen LogP contribution < -0.4 is 80.8 Å². The van der Waals surface area contributed by atoms with E-state index in [1.807, 2.05) is 0 Å². The standard InChI is InChI=1S/2C15H10F4N4O2.2Na/c2*1-6-2-10(16)8(3-7(6)14(24)25)11-4-9(15(17,18)19)12-13(20)21-5-22-23(11)12;;/h2*2-5H,1H3,(H,24,25)(H2,20,21,22);;/q;;2*+1/p-2. The van der Waals surface area contributed by atoms with Crippen LogP contribution in [0.1, 0.15) is 43.0 Å². The number of nitrogens with zero attached hydrogens (tertiary/aromatic N) is 6. The quantitative estimate of drug-likeness (QED) is 0.145. The number of carbonyl (C=O) groups excluding carboxylic acids is 2. The Morgan fingerprint density at radius 1 is 0.635 bits per heavy atom. The second kappa shape index (κ2) is 15.3. The smallest absolute Gasteiger partial charge is 0.545 e. The van der Waals surface area contributed by atoms with Gasteiger partial charge in [0.05, 0.1) is 34.5 Å². The third kappa shape index (κ3) is 7.86. The molecule has 4 aromatic heterocycles. The van der Waals surface area contributed by atoms with Crippen molar-refractivity contribution in [2.45, 2.75) is 26.2 Å². The largest absolute Gasteiger partial charge is 1.00 e. The number of aromatic carboxylic acids is 2. The predicted molar refractivity (Wildman–Crippen MR) is 154 cm³/mol. The molecule has 6 aromatic rings. The number of fused-ring (bicyclic) bond motifs is 2. The number of hydrogen-bond acceptors (Lipinski definition) is 10. The minimum atomic E-state index is -4.79. The molecular weight excluding hydrogens is 734 g/mol. The molecule has 0 fully saturated rings. The Kier molecular flexibility index (Phi) is 12.4. The van der Waals surface area contributed by atoms with Crippen molar-refractivity contribution in [2.24, 2.45) is 0 Å². The molecule has 2 aromatic carbocycles. The number of carbonyl (C=O) groups is 2. The van der Waals surface area contributed by atoms with E-state index in [0.29, 0.717) is 12.1 Å². The normalized spacial score (nSPS) is 11.4. The van der Waals surface area contributed by atoms with Gasteiger partial charge < -0.3 is 31.3 Å². The number of aryl methyl sites for hydroxylation is 2. The van der Waals surface area contributed by atoms with Gasteiger partial charge >= 0.3 is 71.5 Å². The van der Waals surface area contributed by atoms with E-state index < -0.39 is 69.7 Å². The SMILES string of the molecule is Cc1cc(F)c(-c2cc(C(F)(F)F)c3c(N)ncnn23)cc1C(=O)[O-].Cc1cc(F)c(-c2cc(C(F)(F)F)c3c(N)ncnn23)cc1C(=O)[O-].[Na+].[Na+]. The van der Waals surface area contributed by atoms with Crippen molar-refractivity contribution in [3.05, 3.63) is 94.1 Å². The van der Waals surface area contributed by atoms with Gasteiger partial charge in [-0.15, -0.1) is 0 Å².